The lowest BCUT2D eigenvalue weighted by atomic mass is 9.83. The summed E-state index contributed by atoms with van der Waals surface area (Å²) in [5.74, 6) is 0.0768. The topological polar surface area (TPSA) is 74.6 Å². The van der Waals surface area contributed by atoms with Gasteiger partial charge in [-0.3, -0.25) is 9.59 Å². The van der Waals surface area contributed by atoms with Crippen molar-refractivity contribution in [2.24, 2.45) is 0 Å². The number of carbonyl (C=O) groups is 2. The van der Waals surface area contributed by atoms with Crippen molar-refractivity contribution < 1.29 is 19.8 Å². The van der Waals surface area contributed by atoms with E-state index in [-0.39, 0.29) is 33.5 Å². The molecule has 4 nitrogen and oxygen atoms in total. The Labute approximate surface area is 224 Å². The molecule has 0 fully saturated rings. The van der Waals surface area contributed by atoms with Gasteiger partial charge in [0.15, 0.2) is 12.6 Å². The second kappa shape index (κ2) is 9.94. The summed E-state index contributed by atoms with van der Waals surface area (Å²) in [4.78, 5) is 23.2. The zero-order chi connectivity index (χ0) is 27.8. The number of carbonyl (C=O) groups excluding carboxylic acids is 2. The van der Waals surface area contributed by atoms with Gasteiger partial charge in [-0.15, -0.1) is 0 Å². The summed E-state index contributed by atoms with van der Waals surface area (Å²) in [7, 11) is 0. The minimum Gasteiger partial charge on any atom is -0.507 e. The van der Waals surface area contributed by atoms with Crippen LogP contribution in [0.4, 0.5) is 0 Å². The van der Waals surface area contributed by atoms with Crippen LogP contribution in [0.3, 0.4) is 0 Å². The molecule has 194 valence electrons. The van der Waals surface area contributed by atoms with Gasteiger partial charge in [0.05, 0.1) is 11.1 Å². The molecule has 0 heterocycles. The Bertz CT molecular complexity index is 1380. The molecule has 0 bridgehead atoms. The van der Waals surface area contributed by atoms with Crippen LogP contribution in [0.15, 0.2) is 72.8 Å². The molecule has 0 aliphatic carbocycles. The maximum absolute atomic E-state index is 11.6. The second-order valence-electron chi connectivity index (χ2n) is 11.8. The third-order valence-electron chi connectivity index (χ3n) is 6.92. The first-order valence-corrected chi connectivity index (χ1v) is 12.7. The normalized spacial score (nSPS) is 11.8. The van der Waals surface area contributed by atoms with Crippen molar-refractivity contribution in [2.75, 3.05) is 0 Å². The third kappa shape index (κ3) is 5.26. The molecule has 0 aliphatic rings. The minimum absolute atomic E-state index is 0.0384. The highest BCUT2D eigenvalue weighted by atomic mass is 16.3. The molecule has 4 aromatic rings. The van der Waals surface area contributed by atoms with E-state index < -0.39 is 0 Å². The molecule has 38 heavy (non-hydrogen) atoms. The quantitative estimate of drug-likeness (QED) is 0.267. The Hall–Kier alpha value is -4.18. The van der Waals surface area contributed by atoms with E-state index in [2.05, 4.69) is 0 Å². The standard InChI is InChI=1S/C34H34O4/c1-33(2,3)29-17-25(15-27(19-35)31(29)37)23-11-7-21(8-12-23)22-9-13-24(14-10-22)26-16-28(20-36)32(38)30(18-26)34(4,5)6/h7-20,37-38H,1-6H3. The largest absolute Gasteiger partial charge is 0.507 e. The van der Waals surface area contributed by atoms with E-state index in [1.165, 1.54) is 0 Å². The number of aldehydes is 2. The van der Waals surface area contributed by atoms with Crippen molar-refractivity contribution in [1.82, 2.24) is 0 Å². The monoisotopic (exact) mass is 506 g/mol. The fraction of sp³-hybridized carbons (Fsp3) is 0.235. The van der Waals surface area contributed by atoms with E-state index in [4.69, 9.17) is 0 Å². The zero-order valence-electron chi connectivity index (χ0n) is 22.8. The van der Waals surface area contributed by atoms with Crippen LogP contribution in [-0.2, 0) is 10.8 Å². The van der Waals surface area contributed by atoms with Gasteiger partial charge >= 0.3 is 0 Å². The summed E-state index contributed by atoms with van der Waals surface area (Å²) in [6.45, 7) is 12.1. The van der Waals surface area contributed by atoms with Gasteiger partial charge in [-0.25, -0.2) is 0 Å². The van der Waals surface area contributed by atoms with Gasteiger partial charge in [-0.05, 0) is 68.5 Å². The van der Waals surface area contributed by atoms with Crippen LogP contribution in [0, 0.1) is 0 Å². The van der Waals surface area contributed by atoms with Gasteiger partial charge in [-0.1, -0.05) is 90.1 Å². The summed E-state index contributed by atoms with van der Waals surface area (Å²) in [5.41, 5.74) is 7.18. The molecule has 0 aliphatic heterocycles. The maximum atomic E-state index is 11.6. The van der Waals surface area contributed by atoms with Gasteiger partial charge in [0.1, 0.15) is 11.5 Å². The maximum Gasteiger partial charge on any atom is 0.153 e. The van der Waals surface area contributed by atoms with Crippen LogP contribution >= 0.6 is 0 Å². The molecule has 4 heteroatoms. The number of phenolic OH excluding ortho intramolecular Hbond substituents is 2. The van der Waals surface area contributed by atoms with Crippen molar-refractivity contribution in [3.05, 3.63) is 95.1 Å². The van der Waals surface area contributed by atoms with E-state index in [1.807, 2.05) is 102 Å². The molecule has 0 saturated carbocycles. The predicted molar refractivity (Wildman–Crippen MR) is 154 cm³/mol. The van der Waals surface area contributed by atoms with Gasteiger partial charge < -0.3 is 10.2 Å². The first kappa shape index (κ1) is 26.9. The summed E-state index contributed by atoms with van der Waals surface area (Å²) in [6.07, 6.45) is 1.39. The van der Waals surface area contributed by atoms with E-state index in [9.17, 15) is 19.8 Å². The fourth-order valence-electron chi connectivity index (χ4n) is 4.68. The molecular weight excluding hydrogens is 472 g/mol. The number of hydrogen-bond donors (Lipinski definition) is 2. The van der Waals surface area contributed by atoms with Gasteiger partial charge in [0.25, 0.3) is 0 Å². The van der Waals surface area contributed by atoms with Crippen molar-refractivity contribution in [1.29, 1.82) is 0 Å². The lowest BCUT2D eigenvalue weighted by molar-refractivity contribution is 0.111. The Balaban J connectivity index is 1.66. The predicted octanol–water partition coefficient (Wildman–Crippen LogP) is 8.32. The molecule has 0 unspecified atom stereocenters. The Morgan fingerprint density at radius 1 is 0.474 bits per heavy atom. The van der Waals surface area contributed by atoms with Gasteiger partial charge in [0.2, 0.25) is 0 Å². The lowest BCUT2D eigenvalue weighted by Crippen LogP contribution is -2.12. The fourth-order valence-corrected chi connectivity index (χ4v) is 4.68. The van der Waals surface area contributed by atoms with E-state index in [0.29, 0.717) is 12.6 Å². The molecular formula is C34H34O4. The average molecular weight is 507 g/mol. The van der Waals surface area contributed by atoms with Crippen LogP contribution < -0.4 is 0 Å². The molecule has 2 N–H and O–H groups in total. The smallest absolute Gasteiger partial charge is 0.153 e. The number of rotatable bonds is 5. The molecule has 0 radical (unpaired) electrons. The van der Waals surface area contributed by atoms with Crippen molar-refractivity contribution in [3.63, 3.8) is 0 Å². The highest BCUT2D eigenvalue weighted by Crippen LogP contribution is 2.39. The summed E-state index contributed by atoms with van der Waals surface area (Å²) >= 11 is 0. The van der Waals surface area contributed by atoms with Gasteiger partial charge in [0, 0.05) is 11.1 Å². The number of benzene rings is 4. The Morgan fingerprint density at radius 2 is 0.737 bits per heavy atom. The van der Waals surface area contributed by atoms with E-state index >= 15 is 0 Å². The van der Waals surface area contributed by atoms with Crippen molar-refractivity contribution in [2.45, 2.75) is 52.4 Å². The van der Waals surface area contributed by atoms with E-state index in [0.717, 1.165) is 44.5 Å². The third-order valence-corrected chi connectivity index (χ3v) is 6.92. The summed E-state index contributed by atoms with van der Waals surface area (Å²) in [6, 6.07) is 23.6. The molecule has 4 rings (SSSR count). The molecule has 0 atom stereocenters. The molecule has 0 amide bonds. The highest BCUT2D eigenvalue weighted by molar-refractivity contribution is 5.86. The number of hydrogen-bond acceptors (Lipinski definition) is 4. The number of phenols is 2. The molecule has 0 aromatic heterocycles. The van der Waals surface area contributed by atoms with Crippen LogP contribution in [0.1, 0.15) is 73.4 Å². The van der Waals surface area contributed by atoms with Gasteiger partial charge in [-0.2, -0.15) is 0 Å². The average Bonchev–Trinajstić information content (AvgIpc) is 2.88. The Morgan fingerprint density at radius 3 is 0.974 bits per heavy atom. The summed E-state index contributed by atoms with van der Waals surface area (Å²) < 4.78 is 0. The minimum atomic E-state index is -0.308. The van der Waals surface area contributed by atoms with Crippen molar-refractivity contribution >= 4 is 12.6 Å². The lowest BCUT2D eigenvalue weighted by Gasteiger charge is -2.22. The van der Waals surface area contributed by atoms with Crippen LogP contribution in [-0.4, -0.2) is 22.8 Å². The first-order valence-electron chi connectivity index (χ1n) is 12.7. The molecule has 4 aromatic carbocycles. The van der Waals surface area contributed by atoms with Crippen molar-refractivity contribution in [3.8, 4) is 44.9 Å². The zero-order valence-corrected chi connectivity index (χ0v) is 22.8. The SMILES string of the molecule is CC(C)(C)c1cc(-c2ccc(-c3ccc(-c4cc(C=O)c(O)c(C(C)(C)C)c4)cc3)cc2)cc(C=O)c1O. The molecule has 0 spiro atoms. The number of aromatic hydroxyl groups is 2. The van der Waals surface area contributed by atoms with E-state index in [1.54, 1.807) is 12.1 Å². The Kier molecular flexibility index (Phi) is 7.03. The van der Waals surface area contributed by atoms with Crippen LogP contribution in [0.5, 0.6) is 11.5 Å². The highest BCUT2D eigenvalue weighted by Gasteiger charge is 2.23. The molecule has 0 saturated heterocycles. The van der Waals surface area contributed by atoms with Crippen LogP contribution in [0.25, 0.3) is 33.4 Å². The second-order valence-corrected chi connectivity index (χ2v) is 11.8. The summed E-state index contributed by atoms with van der Waals surface area (Å²) in [5, 5.41) is 21.1. The van der Waals surface area contributed by atoms with Crippen LogP contribution in [0.2, 0.25) is 0 Å². The first-order chi connectivity index (χ1) is 17.8.